The van der Waals surface area contributed by atoms with Crippen LogP contribution in [0.25, 0.3) is 0 Å². The molecule has 0 aliphatic heterocycles. The molecule has 0 heterocycles. The molecule has 8 heteroatoms. The van der Waals surface area contributed by atoms with Gasteiger partial charge in [-0.25, -0.2) is 9.59 Å². The Balaban J connectivity index is 3.08. The van der Waals surface area contributed by atoms with Crippen LogP contribution in [0, 0.1) is 10.8 Å². The van der Waals surface area contributed by atoms with Crippen LogP contribution in [-0.2, 0) is 19.2 Å². The molecular weight excluding hydrogens is 344 g/mol. The number of aliphatic carboxylic acids is 4. The molecule has 2 aliphatic carbocycles. The van der Waals surface area contributed by atoms with E-state index < -0.39 is 45.9 Å². The molecular formula is C18H18O8. The van der Waals surface area contributed by atoms with Crippen molar-refractivity contribution >= 4 is 23.9 Å². The largest absolute Gasteiger partial charge is 0.480 e. The van der Waals surface area contributed by atoms with Gasteiger partial charge in [-0.3, -0.25) is 9.59 Å². The van der Waals surface area contributed by atoms with Gasteiger partial charge < -0.3 is 20.4 Å². The fraction of sp³-hybridized carbons (Fsp3) is 0.333. The van der Waals surface area contributed by atoms with Crippen LogP contribution < -0.4 is 0 Å². The highest BCUT2D eigenvalue weighted by Gasteiger charge is 2.54. The third-order valence-electron chi connectivity index (χ3n) is 5.09. The minimum Gasteiger partial charge on any atom is -0.480 e. The molecule has 2 aliphatic rings. The second-order valence-electron chi connectivity index (χ2n) is 6.11. The van der Waals surface area contributed by atoms with Crippen LogP contribution in [-0.4, -0.2) is 44.3 Å². The molecule has 0 bridgehead atoms. The second-order valence-corrected chi connectivity index (χ2v) is 6.11. The molecule has 0 aromatic heterocycles. The molecule has 2 rings (SSSR count). The van der Waals surface area contributed by atoms with E-state index in [0.29, 0.717) is 0 Å². The highest BCUT2D eigenvalue weighted by Crippen LogP contribution is 2.54. The van der Waals surface area contributed by atoms with E-state index in [9.17, 15) is 39.6 Å². The van der Waals surface area contributed by atoms with Gasteiger partial charge in [-0.05, 0) is 36.1 Å². The monoisotopic (exact) mass is 362 g/mol. The average Bonchev–Trinajstić information content (AvgIpc) is 2.58. The molecule has 0 amide bonds. The van der Waals surface area contributed by atoms with Crippen molar-refractivity contribution in [1.82, 2.24) is 0 Å². The molecule has 4 N–H and O–H groups in total. The Morgan fingerprint density at radius 2 is 1.04 bits per heavy atom. The Hall–Kier alpha value is -3.16. The molecule has 0 spiro atoms. The topological polar surface area (TPSA) is 149 Å². The molecule has 2 unspecified atom stereocenters. The summed E-state index contributed by atoms with van der Waals surface area (Å²) in [6, 6.07) is 0. The zero-order chi connectivity index (χ0) is 19.9. The van der Waals surface area contributed by atoms with Crippen molar-refractivity contribution in [3.05, 3.63) is 46.6 Å². The first-order valence-electron chi connectivity index (χ1n) is 7.90. The second kappa shape index (κ2) is 6.29. The van der Waals surface area contributed by atoms with Crippen LogP contribution in [0.5, 0.6) is 0 Å². The molecule has 0 fully saturated rings. The number of fused-ring (bicyclic) bond motifs is 1. The van der Waals surface area contributed by atoms with Gasteiger partial charge in [-0.2, -0.15) is 0 Å². The van der Waals surface area contributed by atoms with Gasteiger partial charge in [0, 0.05) is 0 Å². The Morgan fingerprint density at radius 1 is 0.731 bits per heavy atom. The summed E-state index contributed by atoms with van der Waals surface area (Å²) in [5, 5.41) is 38.7. The molecule has 0 aromatic carbocycles. The molecule has 0 saturated heterocycles. The smallest absolute Gasteiger partial charge is 0.336 e. The highest BCUT2D eigenvalue weighted by atomic mass is 16.4. The van der Waals surface area contributed by atoms with E-state index in [1.54, 1.807) is 0 Å². The van der Waals surface area contributed by atoms with Crippen molar-refractivity contribution in [2.45, 2.75) is 26.7 Å². The Bertz CT molecular complexity index is 771. The normalized spacial score (nSPS) is 27.3. The maximum absolute atomic E-state index is 12.1. The predicted molar refractivity (Wildman–Crippen MR) is 88.3 cm³/mol. The van der Waals surface area contributed by atoms with Crippen molar-refractivity contribution in [3.63, 3.8) is 0 Å². The number of hydrogen-bond donors (Lipinski definition) is 4. The minimum atomic E-state index is -1.83. The van der Waals surface area contributed by atoms with E-state index in [0.717, 1.165) is 24.3 Å². The van der Waals surface area contributed by atoms with Crippen LogP contribution >= 0.6 is 0 Å². The maximum atomic E-state index is 12.1. The number of carboxylic acid groups (broad SMARTS) is 4. The summed E-state index contributed by atoms with van der Waals surface area (Å²) in [4.78, 5) is 47.6. The summed E-state index contributed by atoms with van der Waals surface area (Å²) in [6.45, 7) is 3.03. The van der Waals surface area contributed by atoms with Gasteiger partial charge >= 0.3 is 23.9 Å². The van der Waals surface area contributed by atoms with Crippen molar-refractivity contribution in [2.24, 2.45) is 10.8 Å². The first-order chi connectivity index (χ1) is 12.1. The van der Waals surface area contributed by atoms with E-state index in [-0.39, 0.29) is 24.0 Å². The molecule has 0 aromatic rings. The van der Waals surface area contributed by atoms with E-state index in [4.69, 9.17) is 0 Å². The SMILES string of the molecule is CCC1(C(=O)O)C=CC(C(=O)O)=C2C1=C(C(=O)O)C=CC2(CC)C(=O)O. The van der Waals surface area contributed by atoms with Crippen molar-refractivity contribution in [3.8, 4) is 0 Å². The molecule has 138 valence electrons. The van der Waals surface area contributed by atoms with Gasteiger partial charge in [0.2, 0.25) is 0 Å². The fourth-order valence-corrected chi connectivity index (χ4v) is 3.59. The fourth-order valence-electron chi connectivity index (χ4n) is 3.59. The standard InChI is InChI=1S/C18H18O8/c1-3-17(15(23)24)7-5-10(14(21)22)12-11(17)9(13(19)20)6-8-18(12,4-2)16(25)26/h5-8H,3-4H2,1-2H3,(H,19,20)(H,21,22)(H,23,24)(H,25,26). The lowest BCUT2D eigenvalue weighted by Gasteiger charge is -2.42. The van der Waals surface area contributed by atoms with Gasteiger partial charge in [0.1, 0.15) is 10.8 Å². The number of carbonyl (C=O) groups is 4. The van der Waals surface area contributed by atoms with E-state index in [1.807, 2.05) is 0 Å². The van der Waals surface area contributed by atoms with Crippen LogP contribution in [0.2, 0.25) is 0 Å². The van der Waals surface area contributed by atoms with Crippen LogP contribution in [0.3, 0.4) is 0 Å². The Kier molecular flexibility index (Phi) is 4.64. The number of hydrogen-bond acceptors (Lipinski definition) is 4. The predicted octanol–water partition coefficient (Wildman–Crippen LogP) is 1.85. The van der Waals surface area contributed by atoms with Gasteiger partial charge in [0.05, 0.1) is 11.1 Å². The van der Waals surface area contributed by atoms with Gasteiger partial charge in [-0.15, -0.1) is 0 Å². The lowest BCUT2D eigenvalue weighted by Crippen LogP contribution is -2.44. The Labute approximate surface area is 148 Å². The van der Waals surface area contributed by atoms with Crippen LogP contribution in [0.4, 0.5) is 0 Å². The number of rotatable bonds is 6. The molecule has 0 saturated carbocycles. The van der Waals surface area contributed by atoms with Gasteiger partial charge in [0.25, 0.3) is 0 Å². The zero-order valence-electron chi connectivity index (χ0n) is 14.1. The van der Waals surface area contributed by atoms with Gasteiger partial charge in [0.15, 0.2) is 0 Å². The van der Waals surface area contributed by atoms with Crippen LogP contribution in [0.15, 0.2) is 46.6 Å². The van der Waals surface area contributed by atoms with Crippen molar-refractivity contribution in [1.29, 1.82) is 0 Å². The third kappa shape index (κ3) is 2.37. The summed E-state index contributed by atoms with van der Waals surface area (Å²) in [6.07, 6.45) is 4.22. The van der Waals surface area contributed by atoms with E-state index in [2.05, 4.69) is 0 Å². The molecule has 8 nitrogen and oxygen atoms in total. The minimum absolute atomic E-state index is 0.0748. The van der Waals surface area contributed by atoms with Gasteiger partial charge in [-0.1, -0.05) is 26.0 Å². The van der Waals surface area contributed by atoms with Crippen LogP contribution in [0.1, 0.15) is 26.7 Å². The van der Waals surface area contributed by atoms with Crippen molar-refractivity contribution in [2.75, 3.05) is 0 Å². The summed E-state index contributed by atoms with van der Waals surface area (Å²) in [7, 11) is 0. The molecule has 2 atom stereocenters. The highest BCUT2D eigenvalue weighted by molar-refractivity contribution is 6.04. The molecule has 0 radical (unpaired) electrons. The Morgan fingerprint density at radius 3 is 1.23 bits per heavy atom. The summed E-state index contributed by atoms with van der Waals surface area (Å²) in [5.74, 6) is -5.67. The first-order valence-corrected chi connectivity index (χ1v) is 7.90. The third-order valence-corrected chi connectivity index (χ3v) is 5.09. The maximum Gasteiger partial charge on any atom is 0.336 e. The summed E-state index contributed by atoms with van der Waals surface area (Å²) < 4.78 is 0. The summed E-state index contributed by atoms with van der Waals surface area (Å²) in [5.41, 5.74) is -5.07. The summed E-state index contributed by atoms with van der Waals surface area (Å²) >= 11 is 0. The number of carboxylic acids is 4. The first kappa shape index (κ1) is 19.2. The van der Waals surface area contributed by atoms with E-state index in [1.165, 1.54) is 13.8 Å². The molecule has 26 heavy (non-hydrogen) atoms. The zero-order valence-corrected chi connectivity index (χ0v) is 14.1. The lowest BCUT2D eigenvalue weighted by atomic mass is 9.58. The lowest BCUT2D eigenvalue weighted by molar-refractivity contribution is -0.147. The van der Waals surface area contributed by atoms with E-state index >= 15 is 0 Å². The van der Waals surface area contributed by atoms with Crippen molar-refractivity contribution < 1.29 is 39.6 Å². The quantitative estimate of drug-likeness (QED) is 0.559. The average molecular weight is 362 g/mol.